The van der Waals surface area contributed by atoms with E-state index in [2.05, 4.69) is 56.9 Å². The zero-order valence-corrected chi connectivity index (χ0v) is 12.3. The van der Waals surface area contributed by atoms with E-state index in [0.29, 0.717) is 0 Å². The van der Waals surface area contributed by atoms with Crippen molar-refractivity contribution in [2.24, 2.45) is 11.7 Å². The molecule has 0 amide bonds. The van der Waals surface area contributed by atoms with E-state index >= 15 is 0 Å². The molecule has 2 N–H and O–H groups in total. The smallest absolute Gasteiger partial charge is 0.0307 e. The van der Waals surface area contributed by atoms with Crippen LogP contribution in [0.5, 0.6) is 0 Å². The number of nitrogens with two attached hydrogens (primary N) is 1. The van der Waals surface area contributed by atoms with Crippen molar-refractivity contribution in [3.05, 3.63) is 35.4 Å². The van der Waals surface area contributed by atoms with Crippen LogP contribution in [0.1, 0.15) is 44.4 Å². The van der Waals surface area contributed by atoms with Crippen LogP contribution in [0.15, 0.2) is 24.3 Å². The van der Waals surface area contributed by atoms with Crippen LogP contribution in [0.4, 0.5) is 0 Å². The van der Waals surface area contributed by atoms with Gasteiger partial charge in [-0.1, -0.05) is 50.6 Å². The number of nitrogens with zero attached hydrogens (tertiary/aromatic N) is 1. The molecule has 2 heteroatoms. The minimum absolute atomic E-state index is 0.158. The fourth-order valence-electron chi connectivity index (χ4n) is 2.28. The Hall–Kier alpha value is -0.860. The van der Waals surface area contributed by atoms with Gasteiger partial charge >= 0.3 is 0 Å². The van der Waals surface area contributed by atoms with Gasteiger partial charge in [-0.2, -0.15) is 0 Å². The van der Waals surface area contributed by atoms with Gasteiger partial charge in [-0.25, -0.2) is 0 Å². The highest BCUT2D eigenvalue weighted by Crippen LogP contribution is 2.16. The predicted molar refractivity (Wildman–Crippen MR) is 79.7 cm³/mol. The van der Waals surface area contributed by atoms with Crippen molar-refractivity contribution in [1.82, 2.24) is 4.90 Å². The fraction of sp³-hybridized carbons (Fsp3) is 0.625. The number of rotatable bonds is 7. The Labute approximate surface area is 112 Å². The van der Waals surface area contributed by atoms with Gasteiger partial charge in [-0.3, -0.25) is 0 Å². The second-order valence-corrected chi connectivity index (χ2v) is 5.60. The van der Waals surface area contributed by atoms with Crippen molar-refractivity contribution in [2.45, 2.75) is 40.2 Å². The zero-order chi connectivity index (χ0) is 13.5. The summed E-state index contributed by atoms with van der Waals surface area (Å²) in [6, 6.07) is 8.70. The quantitative estimate of drug-likeness (QED) is 0.801. The van der Waals surface area contributed by atoms with Crippen LogP contribution in [0.3, 0.4) is 0 Å². The third kappa shape index (κ3) is 5.19. The molecule has 1 aromatic rings. The summed E-state index contributed by atoms with van der Waals surface area (Å²) in [6.07, 6.45) is 1.03. The largest absolute Gasteiger partial charge is 0.324 e. The molecule has 1 atom stereocenters. The lowest BCUT2D eigenvalue weighted by Crippen LogP contribution is -2.30. The van der Waals surface area contributed by atoms with Gasteiger partial charge in [0.1, 0.15) is 0 Å². The number of benzene rings is 1. The van der Waals surface area contributed by atoms with Crippen LogP contribution < -0.4 is 5.73 Å². The average Bonchev–Trinajstić information content (AvgIpc) is 2.33. The molecule has 0 saturated heterocycles. The van der Waals surface area contributed by atoms with Gasteiger partial charge in [0.25, 0.3) is 0 Å². The lowest BCUT2D eigenvalue weighted by Gasteiger charge is -2.24. The Morgan fingerprint density at radius 3 is 2.56 bits per heavy atom. The molecule has 0 spiro atoms. The average molecular weight is 248 g/mol. The van der Waals surface area contributed by atoms with Crippen LogP contribution in [0, 0.1) is 12.8 Å². The highest BCUT2D eigenvalue weighted by molar-refractivity contribution is 5.24. The maximum atomic E-state index is 6.27. The van der Waals surface area contributed by atoms with Gasteiger partial charge in [0, 0.05) is 12.6 Å². The van der Waals surface area contributed by atoms with Crippen LogP contribution >= 0.6 is 0 Å². The summed E-state index contributed by atoms with van der Waals surface area (Å²) in [5, 5.41) is 0. The van der Waals surface area contributed by atoms with E-state index in [4.69, 9.17) is 5.73 Å². The Morgan fingerprint density at radius 1 is 1.28 bits per heavy atom. The van der Waals surface area contributed by atoms with Gasteiger partial charge in [-0.05, 0) is 37.9 Å². The maximum absolute atomic E-state index is 6.27. The Balaban J connectivity index is 2.47. The van der Waals surface area contributed by atoms with Crippen molar-refractivity contribution < 1.29 is 0 Å². The summed E-state index contributed by atoms with van der Waals surface area (Å²) >= 11 is 0. The molecule has 0 heterocycles. The van der Waals surface area contributed by atoms with Gasteiger partial charge in [0.2, 0.25) is 0 Å². The van der Waals surface area contributed by atoms with Crippen LogP contribution in [0.25, 0.3) is 0 Å². The standard InChI is InChI=1S/C16H28N2/c1-5-18(12-13(2)3)10-9-16(17)15-8-6-7-14(4)11-15/h6-8,11,13,16H,5,9-10,12,17H2,1-4H3. The summed E-state index contributed by atoms with van der Waals surface area (Å²) in [5.41, 5.74) is 8.82. The van der Waals surface area contributed by atoms with Gasteiger partial charge in [0.15, 0.2) is 0 Å². The monoisotopic (exact) mass is 248 g/mol. The molecular formula is C16H28N2. The Morgan fingerprint density at radius 2 is 2.00 bits per heavy atom. The predicted octanol–water partition coefficient (Wildman–Crippen LogP) is 3.36. The van der Waals surface area contributed by atoms with Crippen molar-refractivity contribution >= 4 is 0 Å². The molecule has 0 aliphatic heterocycles. The molecule has 0 aliphatic rings. The molecule has 102 valence electrons. The highest BCUT2D eigenvalue weighted by Gasteiger charge is 2.10. The van der Waals surface area contributed by atoms with E-state index in [0.717, 1.165) is 32.0 Å². The van der Waals surface area contributed by atoms with Crippen molar-refractivity contribution in [3.63, 3.8) is 0 Å². The Kier molecular flexibility index (Phi) is 6.37. The first-order chi connectivity index (χ1) is 8.52. The second-order valence-electron chi connectivity index (χ2n) is 5.60. The summed E-state index contributed by atoms with van der Waals surface area (Å²) in [7, 11) is 0. The van der Waals surface area contributed by atoms with Crippen molar-refractivity contribution in [2.75, 3.05) is 19.6 Å². The molecular weight excluding hydrogens is 220 g/mol. The molecule has 0 aliphatic carbocycles. The summed E-state index contributed by atoms with van der Waals surface area (Å²) in [5.74, 6) is 0.722. The molecule has 0 radical (unpaired) electrons. The maximum Gasteiger partial charge on any atom is 0.0307 e. The molecule has 0 aromatic heterocycles. The Bertz CT molecular complexity index is 347. The van der Waals surface area contributed by atoms with E-state index in [9.17, 15) is 0 Å². The van der Waals surface area contributed by atoms with Crippen LogP contribution in [-0.2, 0) is 0 Å². The van der Waals surface area contributed by atoms with E-state index in [-0.39, 0.29) is 6.04 Å². The zero-order valence-electron chi connectivity index (χ0n) is 12.3. The first-order valence-electron chi connectivity index (χ1n) is 7.07. The van der Waals surface area contributed by atoms with E-state index in [1.807, 2.05) is 0 Å². The van der Waals surface area contributed by atoms with Gasteiger partial charge in [-0.15, -0.1) is 0 Å². The van der Waals surface area contributed by atoms with Crippen LogP contribution in [0.2, 0.25) is 0 Å². The third-order valence-electron chi connectivity index (χ3n) is 3.30. The molecule has 0 saturated carbocycles. The number of aryl methyl sites for hydroxylation is 1. The summed E-state index contributed by atoms with van der Waals surface area (Å²) < 4.78 is 0. The number of hydrogen-bond acceptors (Lipinski definition) is 2. The summed E-state index contributed by atoms with van der Waals surface area (Å²) in [4.78, 5) is 2.49. The first kappa shape index (κ1) is 15.2. The fourth-order valence-corrected chi connectivity index (χ4v) is 2.28. The van der Waals surface area contributed by atoms with E-state index in [1.165, 1.54) is 11.1 Å². The lowest BCUT2D eigenvalue weighted by atomic mass is 10.0. The molecule has 0 fully saturated rings. The molecule has 1 rings (SSSR count). The normalized spacial score (nSPS) is 13.3. The molecule has 1 unspecified atom stereocenters. The molecule has 1 aromatic carbocycles. The first-order valence-corrected chi connectivity index (χ1v) is 7.07. The number of hydrogen-bond donors (Lipinski definition) is 1. The molecule has 0 bridgehead atoms. The minimum Gasteiger partial charge on any atom is -0.324 e. The third-order valence-corrected chi connectivity index (χ3v) is 3.30. The van der Waals surface area contributed by atoms with Gasteiger partial charge in [0.05, 0.1) is 0 Å². The minimum atomic E-state index is 0.158. The van der Waals surface area contributed by atoms with E-state index < -0.39 is 0 Å². The van der Waals surface area contributed by atoms with Gasteiger partial charge < -0.3 is 10.6 Å². The second kappa shape index (κ2) is 7.55. The SMILES string of the molecule is CCN(CCC(N)c1cccc(C)c1)CC(C)C. The van der Waals surface area contributed by atoms with Crippen molar-refractivity contribution in [1.29, 1.82) is 0 Å². The molecule has 18 heavy (non-hydrogen) atoms. The van der Waals surface area contributed by atoms with E-state index in [1.54, 1.807) is 0 Å². The molecule has 2 nitrogen and oxygen atoms in total. The lowest BCUT2D eigenvalue weighted by molar-refractivity contribution is 0.247. The summed E-state index contributed by atoms with van der Waals surface area (Å²) in [6.45, 7) is 12.2. The van der Waals surface area contributed by atoms with Crippen molar-refractivity contribution in [3.8, 4) is 0 Å². The topological polar surface area (TPSA) is 29.3 Å². The van der Waals surface area contributed by atoms with Crippen LogP contribution in [-0.4, -0.2) is 24.5 Å². The highest BCUT2D eigenvalue weighted by atomic mass is 15.1.